The molecule has 0 heterocycles. The van der Waals surface area contributed by atoms with Crippen LogP contribution >= 0.6 is 0 Å². The molecular weight excluding hydrogens is 261 g/mol. The predicted molar refractivity (Wildman–Crippen MR) is 74.2 cm³/mol. The Morgan fingerprint density at radius 1 is 1.45 bits per heavy atom. The Balaban J connectivity index is 2.02. The molecule has 1 fully saturated rings. The predicted octanol–water partition coefficient (Wildman–Crippen LogP) is 3.15. The zero-order chi connectivity index (χ0) is 14.5. The Bertz CT molecular complexity index is 486. The van der Waals surface area contributed by atoms with Crippen molar-refractivity contribution >= 4 is 11.7 Å². The molecule has 110 valence electrons. The van der Waals surface area contributed by atoms with Gasteiger partial charge in [-0.1, -0.05) is 19.3 Å². The molecule has 5 heteroatoms. The number of ether oxygens (including phenoxy) is 2. The average Bonchev–Trinajstić information content (AvgIpc) is 2.34. The zero-order valence-corrected chi connectivity index (χ0v) is 11.7. The lowest BCUT2D eigenvalue weighted by Gasteiger charge is -2.25. The third kappa shape index (κ3) is 3.40. The van der Waals surface area contributed by atoms with Gasteiger partial charge in [-0.3, -0.25) is 0 Å². The molecule has 0 atom stereocenters. The highest BCUT2D eigenvalue weighted by molar-refractivity contribution is 5.95. The van der Waals surface area contributed by atoms with Gasteiger partial charge in [-0.2, -0.15) is 0 Å². The number of benzene rings is 1. The molecule has 2 rings (SSSR count). The SMILES string of the molecule is CCOC(=O)c1cc(OCCC2CCC2)c(F)cc1N. The number of anilines is 1. The van der Waals surface area contributed by atoms with Gasteiger partial charge in [-0.15, -0.1) is 0 Å². The first-order chi connectivity index (χ1) is 9.61. The Morgan fingerprint density at radius 2 is 2.20 bits per heavy atom. The van der Waals surface area contributed by atoms with Crippen molar-refractivity contribution in [3.05, 3.63) is 23.5 Å². The van der Waals surface area contributed by atoms with Crippen molar-refractivity contribution < 1.29 is 18.7 Å². The first-order valence-electron chi connectivity index (χ1n) is 7.00. The average molecular weight is 281 g/mol. The summed E-state index contributed by atoms with van der Waals surface area (Å²) >= 11 is 0. The van der Waals surface area contributed by atoms with Gasteiger partial charge < -0.3 is 15.2 Å². The molecule has 0 bridgehead atoms. The van der Waals surface area contributed by atoms with Crippen LogP contribution in [0, 0.1) is 11.7 Å². The summed E-state index contributed by atoms with van der Waals surface area (Å²) in [6.45, 7) is 2.40. The van der Waals surface area contributed by atoms with Crippen molar-refractivity contribution in [2.24, 2.45) is 5.92 Å². The molecule has 1 aromatic carbocycles. The summed E-state index contributed by atoms with van der Waals surface area (Å²) < 4.78 is 24.0. The van der Waals surface area contributed by atoms with E-state index in [1.54, 1.807) is 6.92 Å². The summed E-state index contributed by atoms with van der Waals surface area (Å²) in [5, 5.41) is 0. The molecule has 0 aromatic heterocycles. The third-order valence-corrected chi connectivity index (χ3v) is 3.61. The number of carbonyl (C=O) groups excluding carboxylic acids is 1. The second-order valence-electron chi connectivity index (χ2n) is 5.02. The van der Waals surface area contributed by atoms with E-state index in [4.69, 9.17) is 15.2 Å². The van der Waals surface area contributed by atoms with E-state index in [1.807, 2.05) is 0 Å². The van der Waals surface area contributed by atoms with E-state index < -0.39 is 11.8 Å². The van der Waals surface area contributed by atoms with Crippen molar-refractivity contribution in [3.63, 3.8) is 0 Å². The van der Waals surface area contributed by atoms with E-state index >= 15 is 0 Å². The molecule has 4 nitrogen and oxygen atoms in total. The van der Waals surface area contributed by atoms with Gasteiger partial charge in [0.05, 0.1) is 18.8 Å². The smallest absolute Gasteiger partial charge is 0.340 e. The van der Waals surface area contributed by atoms with E-state index in [9.17, 15) is 9.18 Å². The fourth-order valence-corrected chi connectivity index (χ4v) is 2.18. The summed E-state index contributed by atoms with van der Waals surface area (Å²) in [4.78, 5) is 11.7. The van der Waals surface area contributed by atoms with Gasteiger partial charge in [0, 0.05) is 11.8 Å². The summed E-state index contributed by atoms with van der Waals surface area (Å²) in [6, 6.07) is 2.42. The molecule has 1 aromatic rings. The fraction of sp³-hybridized carbons (Fsp3) is 0.533. The first-order valence-corrected chi connectivity index (χ1v) is 7.00. The molecule has 1 aliphatic carbocycles. The molecule has 20 heavy (non-hydrogen) atoms. The maximum atomic E-state index is 13.7. The van der Waals surface area contributed by atoms with Crippen LogP contribution in [0.2, 0.25) is 0 Å². The first kappa shape index (κ1) is 14.6. The molecule has 0 spiro atoms. The Morgan fingerprint density at radius 3 is 2.80 bits per heavy atom. The second-order valence-corrected chi connectivity index (χ2v) is 5.02. The highest BCUT2D eigenvalue weighted by atomic mass is 19.1. The Kier molecular flexibility index (Phi) is 4.82. The minimum Gasteiger partial charge on any atom is -0.490 e. The summed E-state index contributed by atoms with van der Waals surface area (Å²) in [5.74, 6) is -0.365. The maximum absolute atomic E-state index is 13.7. The molecule has 0 radical (unpaired) electrons. The molecule has 2 N–H and O–H groups in total. The molecule has 0 unspecified atom stereocenters. The second kappa shape index (κ2) is 6.59. The number of rotatable bonds is 6. The summed E-state index contributed by atoms with van der Waals surface area (Å²) in [5.41, 5.74) is 5.84. The number of hydrogen-bond acceptors (Lipinski definition) is 4. The number of esters is 1. The van der Waals surface area contributed by atoms with Crippen molar-refractivity contribution in [2.75, 3.05) is 18.9 Å². The highest BCUT2D eigenvalue weighted by Crippen LogP contribution is 2.30. The van der Waals surface area contributed by atoms with E-state index in [2.05, 4.69) is 0 Å². The van der Waals surface area contributed by atoms with Crippen LogP contribution in [0.25, 0.3) is 0 Å². The van der Waals surface area contributed by atoms with Crippen LogP contribution < -0.4 is 10.5 Å². The number of hydrogen-bond donors (Lipinski definition) is 1. The number of carbonyl (C=O) groups is 1. The molecule has 0 saturated heterocycles. The van der Waals surface area contributed by atoms with Crippen LogP contribution in [-0.2, 0) is 4.74 Å². The zero-order valence-electron chi connectivity index (χ0n) is 11.7. The van der Waals surface area contributed by atoms with Gasteiger partial charge in [-0.25, -0.2) is 9.18 Å². The molecule has 0 amide bonds. The van der Waals surface area contributed by atoms with Crippen molar-refractivity contribution in [3.8, 4) is 5.75 Å². The van der Waals surface area contributed by atoms with E-state index in [-0.39, 0.29) is 23.6 Å². The lowest BCUT2D eigenvalue weighted by atomic mass is 9.83. The minimum atomic E-state index is -0.561. The van der Waals surface area contributed by atoms with Crippen molar-refractivity contribution in [2.45, 2.75) is 32.6 Å². The van der Waals surface area contributed by atoms with Gasteiger partial charge in [0.2, 0.25) is 0 Å². The number of nitrogen functional groups attached to an aromatic ring is 1. The lowest BCUT2D eigenvalue weighted by Crippen LogP contribution is -2.15. The largest absolute Gasteiger partial charge is 0.490 e. The molecule has 1 saturated carbocycles. The summed E-state index contributed by atoms with van der Waals surface area (Å²) in [6.07, 6.45) is 4.63. The molecule has 1 aliphatic rings. The lowest BCUT2D eigenvalue weighted by molar-refractivity contribution is 0.0527. The van der Waals surface area contributed by atoms with Crippen LogP contribution in [0.5, 0.6) is 5.75 Å². The van der Waals surface area contributed by atoms with E-state index in [0.29, 0.717) is 12.5 Å². The van der Waals surface area contributed by atoms with Crippen molar-refractivity contribution in [1.82, 2.24) is 0 Å². The van der Waals surface area contributed by atoms with Crippen LogP contribution in [0.3, 0.4) is 0 Å². The van der Waals surface area contributed by atoms with Gasteiger partial charge >= 0.3 is 5.97 Å². The minimum absolute atomic E-state index is 0.0570. The summed E-state index contributed by atoms with van der Waals surface area (Å²) in [7, 11) is 0. The number of halogens is 1. The van der Waals surface area contributed by atoms with Gasteiger partial charge in [0.1, 0.15) is 0 Å². The molecule has 0 aliphatic heterocycles. The standard InChI is InChI=1S/C15H20FNO3/c1-2-19-15(18)11-8-14(12(16)9-13(11)17)20-7-6-10-4-3-5-10/h8-10H,2-7,17H2,1H3. The highest BCUT2D eigenvalue weighted by Gasteiger charge is 2.19. The van der Waals surface area contributed by atoms with Crippen LogP contribution in [0.15, 0.2) is 12.1 Å². The van der Waals surface area contributed by atoms with Crippen molar-refractivity contribution in [1.29, 1.82) is 0 Å². The third-order valence-electron chi connectivity index (χ3n) is 3.61. The van der Waals surface area contributed by atoms with Crippen LogP contribution in [0.1, 0.15) is 43.0 Å². The Hall–Kier alpha value is -1.78. The normalized spacial score (nSPS) is 14.7. The van der Waals surface area contributed by atoms with E-state index in [0.717, 1.165) is 12.5 Å². The molecular formula is C15H20FNO3. The quantitative estimate of drug-likeness (QED) is 0.642. The van der Waals surface area contributed by atoms with Crippen LogP contribution in [0.4, 0.5) is 10.1 Å². The number of nitrogens with two attached hydrogens (primary N) is 1. The van der Waals surface area contributed by atoms with E-state index in [1.165, 1.54) is 25.3 Å². The van der Waals surface area contributed by atoms with Gasteiger partial charge in [0.15, 0.2) is 11.6 Å². The van der Waals surface area contributed by atoms with Gasteiger partial charge in [0.25, 0.3) is 0 Å². The van der Waals surface area contributed by atoms with Crippen LogP contribution in [-0.4, -0.2) is 19.2 Å². The Labute approximate surface area is 118 Å². The van der Waals surface area contributed by atoms with Gasteiger partial charge in [-0.05, 0) is 25.3 Å². The topological polar surface area (TPSA) is 61.5 Å². The maximum Gasteiger partial charge on any atom is 0.340 e. The monoisotopic (exact) mass is 281 g/mol. The fourth-order valence-electron chi connectivity index (χ4n) is 2.18.